The average Bonchev–Trinajstić information content (AvgIpc) is 3.74. The van der Waals surface area contributed by atoms with Gasteiger partial charge in [-0.05, 0) is 149 Å². The number of pyridine rings is 4. The summed E-state index contributed by atoms with van der Waals surface area (Å²) < 4.78 is 22.9. The number of unbranched alkanes of at least 4 members (excludes halogenated alkanes) is 1. The van der Waals surface area contributed by atoms with Gasteiger partial charge < -0.3 is 29.5 Å². The summed E-state index contributed by atoms with van der Waals surface area (Å²) in [6.07, 6.45) is 17.2. The van der Waals surface area contributed by atoms with E-state index in [9.17, 15) is 30.3 Å². The molecule has 2 saturated heterocycles. The topological polar surface area (TPSA) is 264 Å². The fourth-order valence-electron chi connectivity index (χ4n) is 6.67. The Morgan fingerprint density at radius 1 is 0.667 bits per heavy atom. The molecule has 2 aliphatic rings. The van der Waals surface area contributed by atoms with Crippen molar-refractivity contribution >= 4 is 89.0 Å². The van der Waals surface area contributed by atoms with E-state index in [4.69, 9.17) is 64.3 Å². The third-order valence-corrected chi connectivity index (χ3v) is 13.4. The number of aliphatic hydroxyl groups is 1. The number of anilines is 1. The van der Waals surface area contributed by atoms with E-state index in [1.54, 1.807) is 32.2 Å². The van der Waals surface area contributed by atoms with Gasteiger partial charge in [0, 0.05) is 31.9 Å². The minimum Gasteiger partial charge on any atom is -0.400 e. The minimum absolute atomic E-state index is 0.00463. The highest BCUT2D eigenvalue weighted by atomic mass is 35.5. The number of aryl methyl sites for hydroxylation is 1. The Bertz CT molecular complexity index is 2760. The van der Waals surface area contributed by atoms with Crippen molar-refractivity contribution < 1.29 is 38.5 Å². The van der Waals surface area contributed by atoms with Crippen LogP contribution in [0.2, 0.25) is 15.2 Å². The van der Waals surface area contributed by atoms with Crippen molar-refractivity contribution in [3.63, 3.8) is 0 Å². The van der Waals surface area contributed by atoms with Crippen molar-refractivity contribution in [2.75, 3.05) is 12.8 Å². The molecular formula is C57H83B2Cl3N8O11. The number of nitrogen functional groups attached to an aromatic ring is 1. The second-order valence-electron chi connectivity index (χ2n) is 20.6. The van der Waals surface area contributed by atoms with Gasteiger partial charge in [-0.3, -0.25) is 35.3 Å². The van der Waals surface area contributed by atoms with E-state index in [1.807, 2.05) is 65.9 Å². The lowest BCUT2D eigenvalue weighted by molar-refractivity contribution is -0.385. The Labute approximate surface area is 495 Å². The first kappa shape index (κ1) is 75.1. The number of nitro groups is 3. The molecule has 444 valence electrons. The summed E-state index contributed by atoms with van der Waals surface area (Å²) in [7, 11) is 0.583. The van der Waals surface area contributed by atoms with Crippen molar-refractivity contribution in [1.29, 1.82) is 0 Å². The molecule has 0 atom stereocenters. The van der Waals surface area contributed by atoms with Crippen molar-refractivity contribution in [1.82, 2.24) is 19.9 Å². The van der Waals surface area contributed by atoms with Crippen molar-refractivity contribution in [2.45, 2.75) is 171 Å². The van der Waals surface area contributed by atoms with Crippen LogP contribution in [0.5, 0.6) is 0 Å². The molecule has 19 nitrogen and oxygen atoms in total. The van der Waals surface area contributed by atoms with Gasteiger partial charge in [0.2, 0.25) is 5.15 Å². The van der Waals surface area contributed by atoms with Crippen LogP contribution in [0.3, 0.4) is 0 Å². The highest BCUT2D eigenvalue weighted by Gasteiger charge is 2.51. The molecule has 4 aromatic heterocycles. The SMILES string of the molecule is C=C(C)B1OC(C)(C)C(C)(C)O1.C=C(C)c1nccc(/C=C/CC)c1[N+](=O)[O-].C=C(C)c1nccc(Cl)c1[N+](=O)[O-].CC/C=C/B1OC(C)(C)C(C)(C)O1.CCCCc1ccnc(C(C)C)c1N.CO.O=[N+]([O-])c1c(Cl)ccnc1Cl. The molecule has 0 unspecified atom stereocenters. The van der Waals surface area contributed by atoms with Gasteiger partial charge >= 0.3 is 31.3 Å². The minimum atomic E-state index is -0.669. The van der Waals surface area contributed by atoms with Gasteiger partial charge in [0.15, 0.2) is 0 Å². The summed E-state index contributed by atoms with van der Waals surface area (Å²) in [4.78, 5) is 45.8. The van der Waals surface area contributed by atoms with Crippen LogP contribution in [-0.4, -0.2) is 83.6 Å². The van der Waals surface area contributed by atoms with Crippen LogP contribution in [0, 0.1) is 30.3 Å². The van der Waals surface area contributed by atoms with E-state index in [2.05, 4.69) is 101 Å². The number of rotatable bonds is 14. The molecule has 0 spiro atoms. The molecular weight excluding hydrogens is 1100 g/mol. The number of nitrogens with two attached hydrogens (primary N) is 1. The summed E-state index contributed by atoms with van der Waals surface area (Å²) in [5.74, 6) is 2.40. The maximum atomic E-state index is 11.0. The summed E-state index contributed by atoms with van der Waals surface area (Å²) in [6, 6.07) is 6.37. The molecule has 4 aromatic rings. The first-order valence-electron chi connectivity index (χ1n) is 26.1. The van der Waals surface area contributed by atoms with Crippen LogP contribution in [0.15, 0.2) is 92.4 Å². The van der Waals surface area contributed by atoms with Crippen LogP contribution < -0.4 is 5.73 Å². The molecule has 3 N–H and O–H groups in total. The second kappa shape index (κ2) is 35.2. The Kier molecular flexibility index (Phi) is 32.6. The van der Waals surface area contributed by atoms with Gasteiger partial charge in [0.05, 0.1) is 54.1 Å². The van der Waals surface area contributed by atoms with E-state index < -0.39 is 14.8 Å². The number of halogens is 3. The monoisotopic (exact) mass is 1180 g/mol. The highest BCUT2D eigenvalue weighted by Crippen LogP contribution is 2.39. The molecule has 0 aromatic carbocycles. The summed E-state index contributed by atoms with van der Waals surface area (Å²) >= 11 is 16.5. The van der Waals surface area contributed by atoms with Crippen LogP contribution in [0.25, 0.3) is 17.2 Å². The summed E-state index contributed by atoms with van der Waals surface area (Å²) in [5, 5.41) is 38.7. The van der Waals surface area contributed by atoms with Crippen LogP contribution in [0.1, 0.15) is 171 Å². The van der Waals surface area contributed by atoms with Crippen molar-refractivity contribution in [3.05, 3.63) is 166 Å². The lowest BCUT2D eigenvalue weighted by Crippen LogP contribution is -2.41. The predicted octanol–water partition coefficient (Wildman–Crippen LogP) is 15.9. The number of aromatic nitrogens is 4. The van der Waals surface area contributed by atoms with Crippen molar-refractivity contribution in [3.8, 4) is 0 Å². The van der Waals surface area contributed by atoms with Crippen LogP contribution >= 0.6 is 34.8 Å². The Balaban J connectivity index is 0.000000945. The van der Waals surface area contributed by atoms with Crippen LogP contribution in [0.4, 0.5) is 22.7 Å². The Morgan fingerprint density at radius 3 is 1.46 bits per heavy atom. The van der Waals surface area contributed by atoms with Gasteiger partial charge in [-0.1, -0.05) is 119 Å². The largest absolute Gasteiger partial charge is 0.489 e. The van der Waals surface area contributed by atoms with E-state index in [0.29, 0.717) is 28.3 Å². The zero-order valence-electron chi connectivity index (χ0n) is 50.2. The summed E-state index contributed by atoms with van der Waals surface area (Å²) in [6.45, 7) is 43.3. The number of aliphatic hydroxyl groups excluding tert-OH is 1. The molecule has 6 rings (SSSR count). The third-order valence-electron chi connectivity index (χ3n) is 12.5. The predicted molar refractivity (Wildman–Crippen MR) is 332 cm³/mol. The molecule has 0 radical (unpaired) electrons. The highest BCUT2D eigenvalue weighted by molar-refractivity contribution is 6.54. The molecule has 0 aliphatic carbocycles. The van der Waals surface area contributed by atoms with Gasteiger partial charge in [0.1, 0.15) is 21.4 Å². The van der Waals surface area contributed by atoms with E-state index in [1.165, 1.54) is 42.9 Å². The Morgan fingerprint density at radius 2 is 1.09 bits per heavy atom. The molecule has 81 heavy (non-hydrogen) atoms. The Hall–Kier alpha value is -5.90. The number of allylic oxidation sites excluding steroid dienone is 5. The van der Waals surface area contributed by atoms with E-state index in [0.717, 1.165) is 43.2 Å². The fourth-order valence-corrected chi connectivity index (χ4v) is 7.38. The third kappa shape index (κ3) is 23.5. The van der Waals surface area contributed by atoms with Crippen LogP contribution in [-0.2, 0) is 25.0 Å². The molecule has 0 amide bonds. The van der Waals surface area contributed by atoms with Crippen molar-refractivity contribution in [2.24, 2.45) is 0 Å². The normalized spacial score (nSPS) is 14.9. The molecule has 24 heteroatoms. The first-order valence-corrected chi connectivity index (χ1v) is 27.3. The quantitative estimate of drug-likeness (QED) is 0.0514. The molecule has 2 fully saturated rings. The maximum absolute atomic E-state index is 11.0. The fraction of sp³-hybridized carbons (Fsp3) is 0.474. The number of hydrogen-bond donors (Lipinski definition) is 2. The van der Waals surface area contributed by atoms with E-state index >= 15 is 0 Å². The zero-order chi connectivity index (χ0) is 62.8. The van der Waals surface area contributed by atoms with Gasteiger partial charge in [-0.15, -0.1) is 6.58 Å². The van der Waals surface area contributed by atoms with Gasteiger partial charge in [-0.2, -0.15) is 0 Å². The van der Waals surface area contributed by atoms with E-state index in [-0.39, 0.29) is 74.6 Å². The molecule has 2 aliphatic heterocycles. The van der Waals surface area contributed by atoms with Gasteiger partial charge in [-0.25, -0.2) is 15.0 Å². The standard InChI is InChI=1S/C12H14N2O2.C12H20N2.C10H19BO2.C9H17BO2.C8H7ClN2O2.C5H2Cl2N2O2.CH4O/c1-4-5-6-10-7-8-13-11(9(2)3)12(10)14(15)16;1-4-5-6-10-7-8-14-12(9(2)3)11(10)13;1-6-7-8-11-12-9(2,3)10(4,5)13-11;1-7(2)10-11-8(3,4)9(5,6)12-10;1-5(2)7-8(11(12)13)6(9)3-4-10-7;6-3-1-2-8-5(7)4(3)9(10)11;1-2/h5-8H,2,4H2,1,3H3;7-9H,4-6,13H2,1-3H3;7-8H,6H2,1-5H3;1H2,2-6H3;3-4H,1H2,2H3;1-2H;2H,1H3/b6-5+;;8-7+;;;;. The lowest BCUT2D eigenvalue weighted by Gasteiger charge is -2.32. The molecule has 6 heterocycles. The smallest absolute Gasteiger partial charge is 0.400 e. The molecule has 0 bridgehead atoms. The molecule has 0 saturated carbocycles. The first-order chi connectivity index (χ1) is 37.6. The second-order valence-corrected chi connectivity index (χ2v) is 21.8. The maximum Gasteiger partial charge on any atom is 0.489 e. The number of hydrogen-bond acceptors (Lipinski definition) is 16. The average molecular weight is 1180 g/mol. The summed E-state index contributed by atoms with van der Waals surface area (Å²) in [5.41, 5.74) is 11.0. The lowest BCUT2D eigenvalue weighted by atomic mass is 9.81. The number of nitrogens with zero attached hydrogens (tertiary/aromatic N) is 7. The van der Waals surface area contributed by atoms with Gasteiger partial charge in [0.25, 0.3) is 0 Å². The zero-order valence-corrected chi connectivity index (χ0v) is 52.5.